The lowest BCUT2D eigenvalue weighted by atomic mass is 9.88. The maximum absolute atomic E-state index is 12.3. The fourth-order valence-electron chi connectivity index (χ4n) is 3.40. The van der Waals surface area contributed by atoms with E-state index in [1.165, 1.54) is 17.7 Å². The summed E-state index contributed by atoms with van der Waals surface area (Å²) in [4.78, 5) is 24.7. The average molecular weight is 401 g/mol. The van der Waals surface area contributed by atoms with Crippen LogP contribution >= 0.6 is 0 Å². The number of ether oxygens (including phenoxy) is 1. The number of benzene rings is 2. The average Bonchev–Trinajstić information content (AvgIpc) is 2.66. The Bertz CT molecular complexity index is 1010. The second-order valence-electron chi connectivity index (χ2n) is 7.04. The van der Waals surface area contributed by atoms with E-state index in [9.17, 15) is 18.0 Å². The van der Waals surface area contributed by atoms with Crippen LogP contribution in [0.4, 0.5) is 0 Å². The fraction of sp³-hybridized carbons (Fsp3) is 0.333. The molecule has 6 nitrogen and oxygen atoms in total. The predicted octanol–water partition coefficient (Wildman–Crippen LogP) is 2.75. The molecular formula is C21H23NO5S. The monoisotopic (exact) mass is 401 g/mol. The minimum atomic E-state index is -3.44. The van der Waals surface area contributed by atoms with Crippen molar-refractivity contribution in [3.8, 4) is 0 Å². The number of nitrogens with one attached hydrogen (secondary N) is 1. The normalized spacial score (nSPS) is 16.1. The minimum Gasteiger partial charge on any atom is -0.452 e. The van der Waals surface area contributed by atoms with E-state index < -0.39 is 22.4 Å². The van der Waals surface area contributed by atoms with Gasteiger partial charge in [0.1, 0.15) is 0 Å². The summed E-state index contributed by atoms with van der Waals surface area (Å²) in [5, 5.41) is 2.92. The molecule has 0 heterocycles. The Hall–Kier alpha value is -2.67. The molecule has 2 aromatic carbocycles. The number of fused-ring (bicyclic) bond motifs is 1. The van der Waals surface area contributed by atoms with E-state index in [1.54, 1.807) is 13.0 Å². The van der Waals surface area contributed by atoms with Gasteiger partial charge in [0.25, 0.3) is 5.91 Å². The van der Waals surface area contributed by atoms with Gasteiger partial charge in [-0.3, -0.25) is 4.79 Å². The molecule has 0 radical (unpaired) electrons. The molecule has 0 aromatic heterocycles. The van der Waals surface area contributed by atoms with Crippen molar-refractivity contribution in [3.05, 3.63) is 64.7 Å². The first-order chi connectivity index (χ1) is 13.3. The van der Waals surface area contributed by atoms with Crippen LogP contribution in [0.25, 0.3) is 0 Å². The summed E-state index contributed by atoms with van der Waals surface area (Å²) in [6.07, 6.45) is 3.89. The van der Waals surface area contributed by atoms with E-state index in [1.807, 2.05) is 18.2 Å². The summed E-state index contributed by atoms with van der Waals surface area (Å²) >= 11 is 0. The summed E-state index contributed by atoms with van der Waals surface area (Å²) in [6.45, 7) is 1.27. The Morgan fingerprint density at radius 3 is 2.68 bits per heavy atom. The molecule has 0 spiro atoms. The van der Waals surface area contributed by atoms with Gasteiger partial charge in [-0.25, -0.2) is 13.2 Å². The molecule has 0 bridgehead atoms. The second kappa shape index (κ2) is 8.14. The molecule has 1 N–H and O–H groups in total. The first kappa shape index (κ1) is 20.1. The van der Waals surface area contributed by atoms with Gasteiger partial charge in [0.05, 0.1) is 16.5 Å². The van der Waals surface area contributed by atoms with Gasteiger partial charge in [-0.2, -0.15) is 0 Å². The van der Waals surface area contributed by atoms with Gasteiger partial charge in [0.2, 0.25) is 0 Å². The van der Waals surface area contributed by atoms with Gasteiger partial charge >= 0.3 is 5.97 Å². The van der Waals surface area contributed by atoms with Crippen LogP contribution in [0.15, 0.2) is 47.4 Å². The Kier molecular flexibility index (Phi) is 5.84. The standard InChI is InChI=1S/C21H23NO5S/c1-14-10-11-16(28(2,25)26)12-18(14)21(24)27-13-20(23)22-19-9-5-7-15-6-3-4-8-17(15)19/h3-4,6,8,10-12,19H,5,7,9,13H2,1-2H3,(H,22,23)/t19-/m1/s1. The van der Waals surface area contributed by atoms with Crippen LogP contribution in [-0.2, 0) is 25.8 Å². The molecule has 0 fully saturated rings. The van der Waals surface area contributed by atoms with Crippen LogP contribution in [0.2, 0.25) is 0 Å². The number of hydrogen-bond donors (Lipinski definition) is 1. The molecule has 1 aliphatic carbocycles. The lowest BCUT2D eigenvalue weighted by molar-refractivity contribution is -0.125. The van der Waals surface area contributed by atoms with E-state index in [0.717, 1.165) is 31.1 Å². The van der Waals surface area contributed by atoms with Crippen LogP contribution in [0.5, 0.6) is 0 Å². The topological polar surface area (TPSA) is 89.5 Å². The predicted molar refractivity (Wildman–Crippen MR) is 105 cm³/mol. The Balaban J connectivity index is 1.64. The van der Waals surface area contributed by atoms with Crippen LogP contribution < -0.4 is 5.32 Å². The number of aryl methyl sites for hydroxylation is 2. The number of hydrogen-bond acceptors (Lipinski definition) is 5. The number of carbonyl (C=O) groups is 2. The first-order valence-corrected chi connectivity index (χ1v) is 11.0. The Labute approximate surface area is 164 Å². The van der Waals surface area contributed by atoms with Gasteiger partial charge in [0, 0.05) is 6.26 Å². The van der Waals surface area contributed by atoms with Gasteiger partial charge in [-0.1, -0.05) is 30.3 Å². The van der Waals surface area contributed by atoms with Crippen LogP contribution in [0, 0.1) is 6.92 Å². The third-order valence-corrected chi connectivity index (χ3v) is 6.01. The van der Waals surface area contributed by atoms with Crippen LogP contribution in [0.1, 0.15) is 45.9 Å². The first-order valence-electron chi connectivity index (χ1n) is 9.10. The van der Waals surface area contributed by atoms with Crippen molar-refractivity contribution in [1.82, 2.24) is 5.32 Å². The molecule has 28 heavy (non-hydrogen) atoms. The molecule has 1 aliphatic rings. The van der Waals surface area contributed by atoms with Crippen molar-refractivity contribution in [2.75, 3.05) is 12.9 Å². The van der Waals surface area contributed by atoms with Crippen molar-refractivity contribution >= 4 is 21.7 Å². The zero-order valence-electron chi connectivity index (χ0n) is 15.9. The molecular weight excluding hydrogens is 378 g/mol. The number of rotatable bonds is 5. The molecule has 0 unspecified atom stereocenters. The third kappa shape index (κ3) is 4.59. The van der Waals surface area contributed by atoms with E-state index in [2.05, 4.69) is 11.4 Å². The smallest absolute Gasteiger partial charge is 0.338 e. The highest BCUT2D eigenvalue weighted by Gasteiger charge is 2.22. The molecule has 0 saturated heterocycles. The molecule has 1 atom stereocenters. The molecule has 148 valence electrons. The molecule has 3 rings (SSSR count). The number of amides is 1. The second-order valence-corrected chi connectivity index (χ2v) is 9.05. The van der Waals surface area contributed by atoms with Crippen molar-refractivity contribution in [1.29, 1.82) is 0 Å². The van der Waals surface area contributed by atoms with Gasteiger partial charge < -0.3 is 10.1 Å². The van der Waals surface area contributed by atoms with Crippen molar-refractivity contribution in [3.63, 3.8) is 0 Å². The Morgan fingerprint density at radius 1 is 1.18 bits per heavy atom. The van der Waals surface area contributed by atoms with Gasteiger partial charge in [-0.05, 0) is 55.0 Å². The van der Waals surface area contributed by atoms with Crippen molar-refractivity contribution < 1.29 is 22.7 Å². The van der Waals surface area contributed by atoms with E-state index in [0.29, 0.717) is 5.56 Å². The molecule has 1 amide bonds. The SMILES string of the molecule is Cc1ccc(S(C)(=O)=O)cc1C(=O)OCC(=O)N[C@@H]1CCCc2ccccc21. The largest absolute Gasteiger partial charge is 0.452 e. The zero-order chi connectivity index (χ0) is 20.3. The van der Waals surface area contributed by atoms with Gasteiger partial charge in [0.15, 0.2) is 16.4 Å². The van der Waals surface area contributed by atoms with Gasteiger partial charge in [-0.15, -0.1) is 0 Å². The highest BCUT2D eigenvalue weighted by atomic mass is 32.2. The number of esters is 1. The van der Waals surface area contributed by atoms with E-state index in [4.69, 9.17) is 4.74 Å². The number of sulfone groups is 1. The van der Waals surface area contributed by atoms with Crippen molar-refractivity contribution in [2.45, 2.75) is 37.1 Å². The number of carbonyl (C=O) groups excluding carboxylic acids is 2. The lowest BCUT2D eigenvalue weighted by Crippen LogP contribution is -2.34. The highest BCUT2D eigenvalue weighted by Crippen LogP contribution is 2.29. The maximum Gasteiger partial charge on any atom is 0.338 e. The van der Waals surface area contributed by atoms with E-state index >= 15 is 0 Å². The fourth-order valence-corrected chi connectivity index (χ4v) is 4.05. The molecule has 7 heteroatoms. The quantitative estimate of drug-likeness (QED) is 0.778. The zero-order valence-corrected chi connectivity index (χ0v) is 16.7. The summed E-state index contributed by atoms with van der Waals surface area (Å²) in [7, 11) is -3.44. The summed E-state index contributed by atoms with van der Waals surface area (Å²) < 4.78 is 28.5. The third-order valence-electron chi connectivity index (χ3n) is 4.90. The van der Waals surface area contributed by atoms with Crippen molar-refractivity contribution in [2.24, 2.45) is 0 Å². The highest BCUT2D eigenvalue weighted by molar-refractivity contribution is 7.90. The molecule has 2 aromatic rings. The summed E-state index contributed by atoms with van der Waals surface area (Å²) in [5.41, 5.74) is 3.05. The van der Waals surface area contributed by atoms with Crippen LogP contribution in [-0.4, -0.2) is 33.2 Å². The minimum absolute atomic E-state index is 0.0355. The summed E-state index contributed by atoms with van der Waals surface area (Å²) in [5.74, 6) is -1.10. The molecule has 0 aliphatic heterocycles. The lowest BCUT2D eigenvalue weighted by Gasteiger charge is -2.26. The summed E-state index contributed by atoms with van der Waals surface area (Å²) in [6, 6.07) is 12.2. The maximum atomic E-state index is 12.3. The Morgan fingerprint density at radius 2 is 1.93 bits per heavy atom. The van der Waals surface area contributed by atoms with E-state index in [-0.39, 0.29) is 22.4 Å². The van der Waals surface area contributed by atoms with Crippen LogP contribution in [0.3, 0.4) is 0 Å². The molecule has 0 saturated carbocycles.